The molecule has 10 nitrogen and oxygen atoms in total. The van der Waals surface area contributed by atoms with E-state index in [1.165, 1.54) is 0 Å². The maximum absolute atomic E-state index is 13.9. The summed E-state index contributed by atoms with van der Waals surface area (Å²) < 4.78 is 12.1. The minimum Gasteiger partial charge on any atom is -0.494 e. The number of Topliss-reactive ketones (excluding diaryl/α,β-unsaturated/α-hetero) is 1. The Morgan fingerprint density at radius 3 is 2.50 bits per heavy atom. The van der Waals surface area contributed by atoms with Gasteiger partial charge in [-0.15, -0.1) is 17.0 Å². The number of unbranched alkanes of at least 4 members (excludes halogenated alkanes) is 1. The molecule has 0 bridgehead atoms. The van der Waals surface area contributed by atoms with Crippen LogP contribution >= 0.6 is 17.0 Å². The quantitative estimate of drug-likeness (QED) is 0.210. The molecule has 2 aliphatic heterocycles. The number of rotatable bonds is 13. The van der Waals surface area contributed by atoms with Crippen molar-refractivity contribution in [1.82, 2.24) is 15.1 Å². The fraction of sp³-hybridized carbons (Fsp3) is 0.514. The topological polar surface area (TPSA) is 136 Å². The zero-order chi connectivity index (χ0) is 32.7. The van der Waals surface area contributed by atoms with Crippen LogP contribution in [0, 0.1) is 16.7 Å². The number of halogens is 1. The first-order chi connectivity index (χ1) is 21.5. The van der Waals surface area contributed by atoms with Crippen LogP contribution in [0.3, 0.4) is 0 Å². The van der Waals surface area contributed by atoms with Gasteiger partial charge in [0, 0.05) is 67.3 Å². The van der Waals surface area contributed by atoms with Crippen molar-refractivity contribution < 1.29 is 23.9 Å². The number of likely N-dealkylation sites (N-methyl/N-ethyl adjacent to an activating group) is 1. The van der Waals surface area contributed by atoms with Crippen LogP contribution in [0.1, 0.15) is 98.0 Å². The van der Waals surface area contributed by atoms with Crippen molar-refractivity contribution in [3.05, 3.63) is 57.6 Å². The lowest BCUT2D eigenvalue weighted by molar-refractivity contribution is -0.133. The number of hydrogen-bond donors (Lipinski definition) is 2. The summed E-state index contributed by atoms with van der Waals surface area (Å²) >= 11 is 0. The van der Waals surface area contributed by atoms with Crippen LogP contribution in [-0.2, 0) is 34.5 Å². The Morgan fingerprint density at radius 2 is 1.85 bits per heavy atom. The molecule has 0 unspecified atom stereocenters. The number of nitriles is 1. The highest BCUT2D eigenvalue weighted by Gasteiger charge is 2.31. The Bertz CT molecular complexity index is 1510. The monoisotopic (exact) mass is 695 g/mol. The van der Waals surface area contributed by atoms with Crippen molar-refractivity contribution in [2.24, 2.45) is 0 Å². The van der Waals surface area contributed by atoms with E-state index >= 15 is 0 Å². The van der Waals surface area contributed by atoms with Gasteiger partial charge in [-0.1, -0.05) is 20.8 Å². The van der Waals surface area contributed by atoms with E-state index in [9.17, 15) is 14.4 Å². The Morgan fingerprint density at radius 1 is 1.09 bits per heavy atom. The van der Waals surface area contributed by atoms with Crippen molar-refractivity contribution in [1.29, 1.82) is 10.7 Å². The first-order valence-corrected chi connectivity index (χ1v) is 15.8. The smallest absolute Gasteiger partial charge is 0.224 e. The molecule has 0 atom stereocenters. The number of carbonyl (C=O) groups excluding carboxylic acids is 3. The van der Waals surface area contributed by atoms with Gasteiger partial charge in [0.25, 0.3) is 0 Å². The Hall–Kier alpha value is -3.91. The molecule has 4 rings (SSSR count). The predicted octanol–water partition coefficient (Wildman–Crippen LogP) is 5.47. The molecule has 0 radical (unpaired) electrons. The van der Waals surface area contributed by atoms with Crippen LogP contribution in [0.2, 0.25) is 0 Å². The number of ether oxygens (including phenoxy) is 2. The van der Waals surface area contributed by atoms with E-state index in [4.69, 9.17) is 20.1 Å². The molecule has 46 heavy (non-hydrogen) atoms. The second kappa shape index (κ2) is 16.1. The third kappa shape index (κ3) is 8.66. The number of carbonyl (C=O) groups is 3. The van der Waals surface area contributed by atoms with Crippen LogP contribution in [0.25, 0.3) is 0 Å². The van der Waals surface area contributed by atoms with E-state index in [1.807, 2.05) is 36.1 Å². The highest BCUT2D eigenvalue weighted by atomic mass is 79.9. The molecule has 248 valence electrons. The lowest BCUT2D eigenvalue weighted by atomic mass is 9.83. The Balaban J connectivity index is 0.00000576. The molecule has 1 fully saturated rings. The van der Waals surface area contributed by atoms with Crippen molar-refractivity contribution in [2.75, 3.05) is 33.4 Å². The number of hydrogen-bond acceptors (Lipinski definition) is 7. The molecule has 11 heteroatoms. The fourth-order valence-corrected chi connectivity index (χ4v) is 5.82. The number of fused-ring (bicyclic) bond motifs is 1. The summed E-state index contributed by atoms with van der Waals surface area (Å²) in [5, 5.41) is 20.5. The van der Waals surface area contributed by atoms with Crippen molar-refractivity contribution in [3.8, 4) is 17.6 Å². The number of nitrogens with one attached hydrogen (secondary N) is 2. The maximum Gasteiger partial charge on any atom is 0.224 e. The van der Waals surface area contributed by atoms with Crippen LogP contribution in [0.15, 0.2) is 24.3 Å². The first kappa shape index (κ1) is 36.6. The lowest BCUT2D eigenvalue weighted by Gasteiger charge is -2.30. The average molecular weight is 697 g/mol. The van der Waals surface area contributed by atoms with Gasteiger partial charge in [0.05, 0.1) is 32.2 Å². The number of ketones is 1. The van der Waals surface area contributed by atoms with E-state index in [-0.39, 0.29) is 58.8 Å². The highest BCUT2D eigenvalue weighted by Crippen LogP contribution is 2.37. The van der Waals surface area contributed by atoms with E-state index in [0.29, 0.717) is 80.3 Å². The fourth-order valence-electron chi connectivity index (χ4n) is 5.82. The predicted molar refractivity (Wildman–Crippen MR) is 182 cm³/mol. The van der Waals surface area contributed by atoms with Crippen molar-refractivity contribution in [3.63, 3.8) is 0 Å². The van der Waals surface area contributed by atoms with Gasteiger partial charge < -0.3 is 24.6 Å². The Labute approximate surface area is 282 Å². The van der Waals surface area contributed by atoms with Gasteiger partial charge in [0.2, 0.25) is 11.8 Å². The molecule has 1 saturated heterocycles. The number of amidine groups is 1. The normalized spacial score (nSPS) is 14.3. The minimum absolute atomic E-state index is 0. The van der Waals surface area contributed by atoms with Crippen LogP contribution < -0.4 is 14.8 Å². The molecule has 2 aromatic rings. The summed E-state index contributed by atoms with van der Waals surface area (Å²) in [5.41, 5.74) is 4.04. The highest BCUT2D eigenvalue weighted by molar-refractivity contribution is 8.93. The van der Waals surface area contributed by atoms with E-state index in [1.54, 1.807) is 11.9 Å². The van der Waals surface area contributed by atoms with E-state index in [0.717, 1.165) is 29.5 Å². The molecule has 0 aliphatic carbocycles. The second-order valence-corrected chi connectivity index (χ2v) is 12.7. The summed E-state index contributed by atoms with van der Waals surface area (Å²) in [5.74, 6) is 1.31. The zero-order valence-electron chi connectivity index (χ0n) is 27.6. The number of nitrogens with zero attached hydrogens (tertiary/aromatic N) is 3. The number of benzene rings is 2. The summed E-state index contributed by atoms with van der Waals surface area (Å²) in [4.78, 5) is 42.4. The molecule has 0 spiro atoms. The third-order valence-corrected chi connectivity index (χ3v) is 8.24. The maximum atomic E-state index is 13.9. The third-order valence-electron chi connectivity index (χ3n) is 8.24. The van der Waals surface area contributed by atoms with Crippen molar-refractivity contribution >= 4 is 40.4 Å². The first-order valence-electron chi connectivity index (χ1n) is 15.8. The number of amides is 2. The Kier molecular flexibility index (Phi) is 12.8. The zero-order valence-corrected chi connectivity index (χ0v) is 29.3. The van der Waals surface area contributed by atoms with Gasteiger partial charge in [-0.25, -0.2) is 0 Å². The minimum atomic E-state index is -0.366. The van der Waals surface area contributed by atoms with Gasteiger partial charge in [-0.05, 0) is 61.4 Å². The molecule has 0 saturated carbocycles. The molecule has 2 aliphatic rings. The molecule has 2 aromatic carbocycles. The average Bonchev–Trinajstić information content (AvgIpc) is 3.29. The number of likely N-dealkylation sites (tertiary alicyclic amines) is 1. The SMILES string of the molecule is Br.CCOc1cc2c(cc1CC(=O)NC)C(=N)N(CC(=O)c1cc(CN3CCCCC3=O)c(OCCCC#N)c(C(C)(C)C)c1)C2. The molecular formula is C35H46BrN5O5. The van der Waals surface area contributed by atoms with Gasteiger partial charge in [0.1, 0.15) is 17.3 Å². The standard InChI is InChI=1S/C35H45N5O5.BrH/c1-6-44-30-18-25-20-40(34(37)27(25)16-24(30)19-31(42)38-5)22-29(41)23-15-26(21-39-13-9-7-11-32(39)43)33(45-14-10-8-12-36)28(17-23)35(2,3)4;/h15-18,37H,6-11,13-14,19-22H2,1-5H3,(H,38,42);1H. The number of piperidine rings is 1. The molecule has 2 N–H and O–H groups in total. The summed E-state index contributed by atoms with van der Waals surface area (Å²) in [6, 6.07) is 9.57. The summed E-state index contributed by atoms with van der Waals surface area (Å²) in [7, 11) is 1.58. The van der Waals surface area contributed by atoms with Crippen LogP contribution in [0.5, 0.6) is 11.5 Å². The van der Waals surface area contributed by atoms with E-state index in [2.05, 4.69) is 32.2 Å². The summed E-state index contributed by atoms with van der Waals surface area (Å²) in [6.45, 7) is 10.2. The van der Waals surface area contributed by atoms with Gasteiger partial charge >= 0.3 is 0 Å². The van der Waals surface area contributed by atoms with Crippen LogP contribution in [-0.4, -0.2) is 66.6 Å². The largest absolute Gasteiger partial charge is 0.494 e. The molecule has 2 amide bonds. The van der Waals surface area contributed by atoms with Gasteiger partial charge in [0.15, 0.2) is 5.78 Å². The van der Waals surface area contributed by atoms with E-state index < -0.39 is 0 Å². The van der Waals surface area contributed by atoms with Crippen LogP contribution in [0.4, 0.5) is 0 Å². The molecule has 2 heterocycles. The van der Waals surface area contributed by atoms with Gasteiger partial charge in [-0.3, -0.25) is 19.8 Å². The molecule has 0 aromatic heterocycles. The molecular weight excluding hydrogens is 650 g/mol. The van der Waals surface area contributed by atoms with Crippen molar-refractivity contribution in [2.45, 2.75) is 84.7 Å². The lowest BCUT2D eigenvalue weighted by Crippen LogP contribution is -2.35. The summed E-state index contributed by atoms with van der Waals surface area (Å²) in [6.07, 6.45) is 3.41. The second-order valence-electron chi connectivity index (χ2n) is 12.7. The van der Waals surface area contributed by atoms with Gasteiger partial charge in [-0.2, -0.15) is 5.26 Å².